The Bertz CT molecular complexity index is 718. The molecule has 0 spiro atoms. The molecular weight excluding hydrogens is 276 g/mol. The molecule has 6 heteroatoms. The van der Waals surface area contributed by atoms with Gasteiger partial charge in [-0.05, 0) is 24.3 Å². The predicted molar refractivity (Wildman–Crippen MR) is 76.8 cm³/mol. The van der Waals surface area contributed by atoms with Crippen molar-refractivity contribution in [2.45, 2.75) is 6.42 Å². The van der Waals surface area contributed by atoms with Crippen LogP contribution in [0.4, 0.5) is 5.82 Å². The van der Waals surface area contributed by atoms with Gasteiger partial charge in [-0.2, -0.15) is 0 Å². The first kappa shape index (κ1) is 12.6. The van der Waals surface area contributed by atoms with Gasteiger partial charge in [-0.1, -0.05) is 17.7 Å². The van der Waals surface area contributed by atoms with Crippen molar-refractivity contribution in [3.63, 3.8) is 0 Å². The van der Waals surface area contributed by atoms with Gasteiger partial charge in [-0.25, -0.2) is 9.97 Å². The van der Waals surface area contributed by atoms with Crippen molar-refractivity contribution in [1.29, 1.82) is 0 Å². The molecule has 0 bridgehead atoms. The lowest BCUT2D eigenvalue weighted by atomic mass is 10.3. The number of hydrogen-bond donors (Lipinski definition) is 1. The van der Waals surface area contributed by atoms with Crippen LogP contribution in [0.2, 0.25) is 5.02 Å². The summed E-state index contributed by atoms with van der Waals surface area (Å²) in [7, 11) is 0. The van der Waals surface area contributed by atoms with E-state index in [0.29, 0.717) is 16.5 Å². The van der Waals surface area contributed by atoms with Gasteiger partial charge in [0.15, 0.2) is 0 Å². The summed E-state index contributed by atoms with van der Waals surface area (Å²) in [4.78, 5) is 20.3. The molecule has 0 atom stereocenters. The number of carbonyl (C=O) groups excluding carboxylic acids is 1. The standard InChI is InChI=1S/C14H11ClN4O/c15-10-4-5-12(16-8-10)18-14(20)7-11-9-19-6-2-1-3-13(19)17-11/h1-6,8-9H,7H2,(H,16,18,20). The van der Waals surface area contributed by atoms with Gasteiger partial charge in [0.1, 0.15) is 11.5 Å². The third-order valence-electron chi connectivity index (χ3n) is 2.75. The second-order valence-electron chi connectivity index (χ2n) is 4.28. The van der Waals surface area contributed by atoms with Crippen LogP contribution in [0.15, 0.2) is 48.9 Å². The van der Waals surface area contributed by atoms with Crippen LogP contribution in [0.1, 0.15) is 5.69 Å². The Morgan fingerprint density at radius 1 is 1.30 bits per heavy atom. The van der Waals surface area contributed by atoms with E-state index in [-0.39, 0.29) is 12.3 Å². The van der Waals surface area contributed by atoms with E-state index < -0.39 is 0 Å². The van der Waals surface area contributed by atoms with Gasteiger partial charge >= 0.3 is 0 Å². The lowest BCUT2D eigenvalue weighted by molar-refractivity contribution is -0.115. The maximum absolute atomic E-state index is 11.9. The summed E-state index contributed by atoms with van der Waals surface area (Å²) in [5, 5.41) is 3.23. The number of hydrogen-bond acceptors (Lipinski definition) is 3. The Balaban J connectivity index is 1.70. The highest BCUT2D eigenvalue weighted by Gasteiger charge is 2.08. The average Bonchev–Trinajstić information content (AvgIpc) is 2.83. The van der Waals surface area contributed by atoms with Gasteiger partial charge in [0, 0.05) is 18.6 Å². The third-order valence-corrected chi connectivity index (χ3v) is 2.97. The molecule has 0 fully saturated rings. The summed E-state index contributed by atoms with van der Waals surface area (Å²) in [6, 6.07) is 9.04. The third kappa shape index (κ3) is 2.78. The van der Waals surface area contributed by atoms with E-state index in [9.17, 15) is 4.79 Å². The maximum Gasteiger partial charge on any atom is 0.231 e. The molecule has 0 unspecified atom stereocenters. The Labute approximate surface area is 120 Å². The normalized spacial score (nSPS) is 10.7. The van der Waals surface area contributed by atoms with Gasteiger partial charge < -0.3 is 9.72 Å². The summed E-state index contributed by atoms with van der Waals surface area (Å²) in [6.45, 7) is 0. The smallest absolute Gasteiger partial charge is 0.231 e. The van der Waals surface area contributed by atoms with Crippen molar-refractivity contribution in [3.8, 4) is 0 Å². The number of nitrogens with one attached hydrogen (secondary N) is 1. The van der Waals surface area contributed by atoms with E-state index in [1.807, 2.05) is 35.0 Å². The molecule has 1 N–H and O–H groups in total. The largest absolute Gasteiger partial charge is 0.310 e. The van der Waals surface area contributed by atoms with Crippen molar-refractivity contribution >= 4 is 29.0 Å². The topological polar surface area (TPSA) is 59.3 Å². The number of carbonyl (C=O) groups is 1. The van der Waals surface area contributed by atoms with Crippen molar-refractivity contribution in [2.24, 2.45) is 0 Å². The van der Waals surface area contributed by atoms with Crippen LogP contribution in [0, 0.1) is 0 Å². The Morgan fingerprint density at radius 3 is 2.95 bits per heavy atom. The average molecular weight is 287 g/mol. The molecule has 3 aromatic heterocycles. The number of fused-ring (bicyclic) bond motifs is 1. The monoisotopic (exact) mass is 286 g/mol. The Hall–Kier alpha value is -2.40. The summed E-state index contributed by atoms with van der Waals surface area (Å²) >= 11 is 5.74. The number of amides is 1. The number of aromatic nitrogens is 3. The molecule has 0 aliphatic carbocycles. The lowest BCUT2D eigenvalue weighted by Gasteiger charge is -2.02. The van der Waals surface area contributed by atoms with Gasteiger partial charge in [0.05, 0.1) is 17.1 Å². The van der Waals surface area contributed by atoms with Crippen molar-refractivity contribution in [1.82, 2.24) is 14.4 Å². The molecule has 5 nitrogen and oxygen atoms in total. The van der Waals surface area contributed by atoms with Crippen LogP contribution in [0.25, 0.3) is 5.65 Å². The SMILES string of the molecule is O=C(Cc1cn2ccccc2n1)Nc1ccc(Cl)cn1. The molecule has 0 radical (unpaired) electrons. The van der Waals surface area contributed by atoms with Crippen LogP contribution in [0.5, 0.6) is 0 Å². The fraction of sp³-hybridized carbons (Fsp3) is 0.0714. The maximum atomic E-state index is 11.9. The van der Waals surface area contributed by atoms with E-state index in [1.165, 1.54) is 6.20 Å². The Kier molecular flexibility index (Phi) is 3.35. The second kappa shape index (κ2) is 5.30. The van der Waals surface area contributed by atoms with Gasteiger partial charge in [-0.15, -0.1) is 0 Å². The van der Waals surface area contributed by atoms with Crippen LogP contribution < -0.4 is 5.32 Å². The van der Waals surface area contributed by atoms with E-state index in [4.69, 9.17) is 11.6 Å². The van der Waals surface area contributed by atoms with E-state index in [1.54, 1.807) is 12.1 Å². The van der Waals surface area contributed by atoms with Gasteiger partial charge in [0.25, 0.3) is 0 Å². The zero-order chi connectivity index (χ0) is 13.9. The molecule has 0 aliphatic heterocycles. The highest BCUT2D eigenvalue weighted by Crippen LogP contribution is 2.10. The minimum absolute atomic E-state index is 0.164. The first-order valence-electron chi connectivity index (χ1n) is 6.05. The molecule has 0 aliphatic rings. The van der Waals surface area contributed by atoms with E-state index in [0.717, 1.165) is 5.65 Å². The van der Waals surface area contributed by atoms with Gasteiger partial charge in [-0.3, -0.25) is 4.79 Å². The molecule has 100 valence electrons. The number of halogens is 1. The minimum Gasteiger partial charge on any atom is -0.310 e. The highest BCUT2D eigenvalue weighted by atomic mass is 35.5. The van der Waals surface area contributed by atoms with Gasteiger partial charge in [0.2, 0.25) is 5.91 Å². The zero-order valence-electron chi connectivity index (χ0n) is 10.5. The van der Waals surface area contributed by atoms with Crippen LogP contribution in [-0.4, -0.2) is 20.3 Å². The van der Waals surface area contributed by atoms with Crippen LogP contribution in [0.3, 0.4) is 0 Å². The lowest BCUT2D eigenvalue weighted by Crippen LogP contribution is -2.15. The molecule has 0 saturated carbocycles. The fourth-order valence-electron chi connectivity index (χ4n) is 1.87. The predicted octanol–water partition coefficient (Wildman–Crippen LogP) is 2.56. The number of anilines is 1. The van der Waals surface area contributed by atoms with Crippen LogP contribution in [-0.2, 0) is 11.2 Å². The van der Waals surface area contributed by atoms with E-state index in [2.05, 4.69) is 15.3 Å². The quantitative estimate of drug-likeness (QED) is 0.805. The summed E-state index contributed by atoms with van der Waals surface area (Å²) in [5.74, 6) is 0.311. The fourth-order valence-corrected chi connectivity index (χ4v) is 1.99. The zero-order valence-corrected chi connectivity index (χ0v) is 11.2. The molecule has 3 rings (SSSR count). The van der Waals surface area contributed by atoms with Crippen molar-refractivity contribution < 1.29 is 4.79 Å². The first-order valence-corrected chi connectivity index (χ1v) is 6.42. The number of pyridine rings is 2. The first-order chi connectivity index (χ1) is 9.70. The number of imidazole rings is 1. The summed E-state index contributed by atoms with van der Waals surface area (Å²) in [5.41, 5.74) is 1.53. The molecule has 0 aromatic carbocycles. The van der Waals surface area contributed by atoms with E-state index >= 15 is 0 Å². The molecule has 3 heterocycles. The molecule has 3 aromatic rings. The van der Waals surface area contributed by atoms with Crippen molar-refractivity contribution in [3.05, 3.63) is 59.6 Å². The second-order valence-corrected chi connectivity index (χ2v) is 4.72. The Morgan fingerprint density at radius 2 is 2.20 bits per heavy atom. The summed E-state index contributed by atoms with van der Waals surface area (Å²) < 4.78 is 1.88. The minimum atomic E-state index is -0.164. The molecule has 20 heavy (non-hydrogen) atoms. The molecule has 1 amide bonds. The molecular formula is C14H11ClN4O. The number of nitrogens with zero attached hydrogens (tertiary/aromatic N) is 3. The highest BCUT2D eigenvalue weighted by molar-refractivity contribution is 6.30. The van der Waals surface area contributed by atoms with Crippen LogP contribution >= 0.6 is 11.6 Å². The molecule has 0 saturated heterocycles. The number of rotatable bonds is 3. The van der Waals surface area contributed by atoms with Crippen molar-refractivity contribution in [2.75, 3.05) is 5.32 Å². The summed E-state index contributed by atoms with van der Waals surface area (Å²) in [6.07, 6.45) is 5.42.